The lowest BCUT2D eigenvalue weighted by Crippen LogP contribution is -2.43. The minimum Gasteiger partial charge on any atom is -0.493 e. The Morgan fingerprint density at radius 3 is 2.09 bits per heavy atom. The molecule has 0 saturated heterocycles. The lowest BCUT2D eigenvalue weighted by atomic mass is 10.1. The van der Waals surface area contributed by atoms with Crippen molar-refractivity contribution in [3.63, 3.8) is 0 Å². The number of hydrogen-bond acceptors (Lipinski definition) is 7. The first-order valence-corrected chi connectivity index (χ1v) is 9.75. The first-order chi connectivity index (χ1) is 15.3. The average Bonchev–Trinajstić information content (AvgIpc) is 2.81. The molecule has 0 atom stereocenters. The molecule has 0 bridgehead atoms. The summed E-state index contributed by atoms with van der Waals surface area (Å²) in [6.45, 7) is 3.58. The van der Waals surface area contributed by atoms with Crippen LogP contribution in [0.3, 0.4) is 0 Å². The maximum atomic E-state index is 12.9. The quantitative estimate of drug-likeness (QED) is 0.563. The predicted molar refractivity (Wildman–Crippen MR) is 117 cm³/mol. The Balaban J connectivity index is 1.92. The van der Waals surface area contributed by atoms with E-state index in [1.807, 2.05) is 0 Å². The second-order valence-corrected chi connectivity index (χ2v) is 7.03. The third-order valence-electron chi connectivity index (χ3n) is 4.77. The Morgan fingerprint density at radius 1 is 0.875 bits per heavy atom. The van der Waals surface area contributed by atoms with Gasteiger partial charge in [-0.25, -0.2) is 4.68 Å². The summed E-state index contributed by atoms with van der Waals surface area (Å²) in [6, 6.07) is 9.43. The number of nitrogens with zero attached hydrogens (tertiary/aromatic N) is 2. The number of carbonyl (C=O) groups is 2. The summed E-state index contributed by atoms with van der Waals surface area (Å²) in [6.07, 6.45) is 0. The van der Waals surface area contributed by atoms with Crippen LogP contribution in [0.2, 0.25) is 0 Å². The highest BCUT2D eigenvalue weighted by Crippen LogP contribution is 2.39. The number of nitrogens with one attached hydrogen (secondary N) is 2. The first kappa shape index (κ1) is 22.6. The lowest BCUT2D eigenvalue weighted by Gasteiger charge is -2.16. The van der Waals surface area contributed by atoms with E-state index in [-0.39, 0.29) is 34.4 Å². The van der Waals surface area contributed by atoms with Crippen molar-refractivity contribution in [3.8, 4) is 17.2 Å². The number of amides is 2. The molecule has 3 aromatic rings. The normalized spacial score (nSPS) is 10.7. The van der Waals surface area contributed by atoms with E-state index in [0.717, 1.165) is 0 Å². The summed E-state index contributed by atoms with van der Waals surface area (Å²) in [5.74, 6) is -0.543. The maximum absolute atomic E-state index is 12.9. The van der Waals surface area contributed by atoms with Gasteiger partial charge >= 0.3 is 0 Å². The molecule has 0 unspecified atom stereocenters. The van der Waals surface area contributed by atoms with E-state index >= 15 is 0 Å². The molecule has 10 heteroatoms. The van der Waals surface area contributed by atoms with Gasteiger partial charge in [0.25, 0.3) is 17.4 Å². The number of hydrazine groups is 1. The predicted octanol–water partition coefficient (Wildman–Crippen LogP) is 2.08. The van der Waals surface area contributed by atoms with Crippen molar-refractivity contribution in [3.05, 3.63) is 58.0 Å². The Bertz CT molecular complexity index is 1240. The molecular weight excluding hydrogens is 416 g/mol. The van der Waals surface area contributed by atoms with Gasteiger partial charge in [0.1, 0.15) is 0 Å². The van der Waals surface area contributed by atoms with Gasteiger partial charge in [-0.05, 0) is 32.0 Å². The summed E-state index contributed by atoms with van der Waals surface area (Å²) in [4.78, 5) is 38.3. The monoisotopic (exact) mass is 440 g/mol. The zero-order valence-electron chi connectivity index (χ0n) is 18.4. The minimum atomic E-state index is -0.677. The van der Waals surface area contributed by atoms with E-state index in [0.29, 0.717) is 16.5 Å². The van der Waals surface area contributed by atoms with Crippen LogP contribution in [0, 0.1) is 0 Å². The van der Waals surface area contributed by atoms with Gasteiger partial charge in [-0.2, -0.15) is 5.10 Å². The SMILES string of the molecule is COc1ccc(C(=O)NNC(=O)c2nn(C(C)C)c(=O)c3ccccc23)c(OC)c1OC. The number of benzene rings is 2. The molecule has 2 aromatic carbocycles. The molecule has 0 radical (unpaired) electrons. The van der Waals surface area contributed by atoms with Crippen molar-refractivity contribution in [2.75, 3.05) is 21.3 Å². The Labute approximate surface area is 184 Å². The number of aromatic nitrogens is 2. The Kier molecular flexibility index (Phi) is 6.62. The third-order valence-corrected chi connectivity index (χ3v) is 4.77. The van der Waals surface area contributed by atoms with Crippen LogP contribution in [0.5, 0.6) is 17.2 Å². The zero-order chi connectivity index (χ0) is 23.4. The second kappa shape index (κ2) is 9.38. The van der Waals surface area contributed by atoms with Gasteiger partial charge in [0.15, 0.2) is 17.2 Å². The van der Waals surface area contributed by atoms with Gasteiger partial charge in [0.05, 0.1) is 38.3 Å². The third kappa shape index (κ3) is 4.07. The first-order valence-electron chi connectivity index (χ1n) is 9.75. The topological polar surface area (TPSA) is 121 Å². The summed E-state index contributed by atoms with van der Waals surface area (Å²) < 4.78 is 17.0. The average molecular weight is 440 g/mol. The van der Waals surface area contributed by atoms with Gasteiger partial charge in [0, 0.05) is 5.39 Å². The van der Waals surface area contributed by atoms with Crippen molar-refractivity contribution in [2.24, 2.45) is 0 Å². The molecule has 0 aliphatic rings. The summed E-state index contributed by atoms with van der Waals surface area (Å²) in [5, 5.41) is 4.95. The minimum absolute atomic E-state index is 0.00785. The van der Waals surface area contributed by atoms with Crippen LogP contribution in [-0.2, 0) is 0 Å². The highest BCUT2D eigenvalue weighted by atomic mass is 16.5. The van der Waals surface area contributed by atoms with E-state index in [1.54, 1.807) is 44.2 Å². The van der Waals surface area contributed by atoms with Crippen LogP contribution < -0.4 is 30.6 Å². The van der Waals surface area contributed by atoms with Crippen molar-refractivity contribution in [1.82, 2.24) is 20.6 Å². The number of fused-ring (bicyclic) bond motifs is 1. The lowest BCUT2D eigenvalue weighted by molar-refractivity contribution is 0.0841. The van der Waals surface area contributed by atoms with Gasteiger partial charge < -0.3 is 14.2 Å². The molecule has 0 aliphatic carbocycles. The van der Waals surface area contributed by atoms with E-state index in [9.17, 15) is 14.4 Å². The molecule has 0 saturated carbocycles. The van der Waals surface area contributed by atoms with Crippen molar-refractivity contribution < 1.29 is 23.8 Å². The van der Waals surface area contributed by atoms with E-state index in [1.165, 1.54) is 32.1 Å². The van der Waals surface area contributed by atoms with Crippen LogP contribution in [0.1, 0.15) is 40.7 Å². The fourth-order valence-electron chi connectivity index (χ4n) is 3.24. The maximum Gasteiger partial charge on any atom is 0.290 e. The smallest absolute Gasteiger partial charge is 0.290 e. The molecule has 0 aliphatic heterocycles. The van der Waals surface area contributed by atoms with Crippen LogP contribution in [0.15, 0.2) is 41.2 Å². The molecule has 3 rings (SSSR count). The van der Waals surface area contributed by atoms with Crippen LogP contribution in [0.4, 0.5) is 0 Å². The van der Waals surface area contributed by atoms with Crippen LogP contribution >= 0.6 is 0 Å². The molecule has 10 nitrogen and oxygen atoms in total. The number of ether oxygens (including phenoxy) is 3. The highest BCUT2D eigenvalue weighted by Gasteiger charge is 2.22. The van der Waals surface area contributed by atoms with Crippen molar-refractivity contribution in [2.45, 2.75) is 19.9 Å². The van der Waals surface area contributed by atoms with Crippen LogP contribution in [0.25, 0.3) is 10.8 Å². The fraction of sp³-hybridized carbons (Fsp3) is 0.273. The molecule has 1 heterocycles. The second-order valence-electron chi connectivity index (χ2n) is 7.03. The van der Waals surface area contributed by atoms with Gasteiger partial charge in [-0.3, -0.25) is 25.2 Å². The molecular formula is C22H24N4O6. The largest absolute Gasteiger partial charge is 0.493 e. The zero-order valence-corrected chi connectivity index (χ0v) is 18.4. The molecule has 32 heavy (non-hydrogen) atoms. The summed E-state index contributed by atoms with van der Waals surface area (Å²) in [7, 11) is 4.27. The molecule has 2 amide bonds. The van der Waals surface area contributed by atoms with E-state index < -0.39 is 11.8 Å². The Morgan fingerprint density at radius 2 is 1.50 bits per heavy atom. The molecule has 168 valence electrons. The fourth-order valence-corrected chi connectivity index (χ4v) is 3.24. The van der Waals surface area contributed by atoms with Crippen LogP contribution in [-0.4, -0.2) is 42.9 Å². The molecule has 2 N–H and O–H groups in total. The van der Waals surface area contributed by atoms with E-state index in [2.05, 4.69) is 16.0 Å². The number of carbonyl (C=O) groups excluding carboxylic acids is 2. The molecule has 1 aromatic heterocycles. The van der Waals surface area contributed by atoms with Crippen molar-refractivity contribution in [1.29, 1.82) is 0 Å². The highest BCUT2D eigenvalue weighted by molar-refractivity contribution is 6.06. The summed E-state index contributed by atoms with van der Waals surface area (Å²) >= 11 is 0. The summed E-state index contributed by atoms with van der Waals surface area (Å²) in [5.41, 5.74) is 4.52. The Hall–Kier alpha value is -4.08. The number of hydrogen-bond donors (Lipinski definition) is 2. The number of methoxy groups -OCH3 is 3. The standard InChI is InChI=1S/C22H24N4O6/c1-12(2)26-22(29)14-9-7-6-8-13(14)17(25-26)21(28)24-23-20(27)15-10-11-16(30-3)19(32-5)18(15)31-4/h6-12H,1-5H3,(H,23,27)(H,24,28). The number of rotatable bonds is 6. The molecule has 0 fully saturated rings. The van der Waals surface area contributed by atoms with Gasteiger partial charge in [0.2, 0.25) is 5.75 Å². The van der Waals surface area contributed by atoms with Crippen molar-refractivity contribution >= 4 is 22.6 Å². The van der Waals surface area contributed by atoms with Gasteiger partial charge in [-0.1, -0.05) is 18.2 Å². The van der Waals surface area contributed by atoms with E-state index in [4.69, 9.17) is 14.2 Å². The molecule has 0 spiro atoms. The van der Waals surface area contributed by atoms with Gasteiger partial charge in [-0.15, -0.1) is 0 Å².